The third-order valence-corrected chi connectivity index (χ3v) is 4.51. The molecule has 0 saturated carbocycles. The second-order valence-electron chi connectivity index (χ2n) is 5.65. The molecular formula is C21H18Cl2. The van der Waals surface area contributed by atoms with Gasteiger partial charge in [0, 0.05) is 15.6 Å². The van der Waals surface area contributed by atoms with Gasteiger partial charge in [0.15, 0.2) is 0 Å². The van der Waals surface area contributed by atoms with Crippen LogP contribution in [0.2, 0.25) is 10.0 Å². The highest BCUT2D eigenvalue weighted by molar-refractivity contribution is 6.33. The fraction of sp³-hybridized carbons (Fsp3) is 0.143. The molecule has 3 aromatic carbocycles. The van der Waals surface area contributed by atoms with Gasteiger partial charge in [-0.2, -0.15) is 0 Å². The molecule has 116 valence electrons. The monoisotopic (exact) mass is 340 g/mol. The highest BCUT2D eigenvalue weighted by Crippen LogP contribution is 2.32. The largest absolute Gasteiger partial charge is 0.0843 e. The van der Waals surface area contributed by atoms with E-state index in [1.54, 1.807) is 0 Å². The fourth-order valence-corrected chi connectivity index (χ4v) is 3.13. The lowest BCUT2D eigenvalue weighted by molar-refractivity contribution is 0.922. The Bertz CT molecular complexity index is 787. The molecule has 3 aromatic rings. The Hall–Kier alpha value is -1.76. The van der Waals surface area contributed by atoms with Crippen molar-refractivity contribution in [2.45, 2.75) is 19.8 Å². The van der Waals surface area contributed by atoms with Crippen molar-refractivity contribution in [1.82, 2.24) is 0 Å². The SMILES string of the molecule is CCCc1ccc(-c2ccc(-c3ccc(Cl)cc3)c(Cl)c2)cc1. The Kier molecular flexibility index (Phi) is 5.05. The lowest BCUT2D eigenvalue weighted by Gasteiger charge is -2.09. The zero-order valence-electron chi connectivity index (χ0n) is 13.0. The zero-order valence-corrected chi connectivity index (χ0v) is 14.5. The lowest BCUT2D eigenvalue weighted by Crippen LogP contribution is -1.85. The van der Waals surface area contributed by atoms with Gasteiger partial charge in [0.2, 0.25) is 0 Å². The molecule has 0 heterocycles. The number of hydrogen-bond acceptors (Lipinski definition) is 0. The van der Waals surface area contributed by atoms with E-state index in [0.717, 1.165) is 33.2 Å². The first kappa shape index (κ1) is 16.1. The molecule has 0 N–H and O–H groups in total. The summed E-state index contributed by atoms with van der Waals surface area (Å²) < 4.78 is 0. The van der Waals surface area contributed by atoms with Crippen LogP contribution in [0.1, 0.15) is 18.9 Å². The van der Waals surface area contributed by atoms with Gasteiger partial charge in [0.25, 0.3) is 0 Å². The van der Waals surface area contributed by atoms with E-state index in [1.165, 1.54) is 17.5 Å². The lowest BCUT2D eigenvalue weighted by atomic mass is 9.99. The number of aryl methyl sites for hydroxylation is 1. The molecule has 0 atom stereocenters. The van der Waals surface area contributed by atoms with E-state index < -0.39 is 0 Å². The molecule has 0 fully saturated rings. The Balaban J connectivity index is 1.91. The van der Waals surface area contributed by atoms with Crippen LogP contribution in [0.5, 0.6) is 0 Å². The van der Waals surface area contributed by atoms with E-state index >= 15 is 0 Å². The van der Waals surface area contributed by atoms with Crippen LogP contribution in [0.15, 0.2) is 66.7 Å². The van der Waals surface area contributed by atoms with Crippen LogP contribution < -0.4 is 0 Å². The molecule has 0 spiro atoms. The molecule has 23 heavy (non-hydrogen) atoms. The Morgan fingerprint density at radius 3 is 1.91 bits per heavy atom. The normalized spacial score (nSPS) is 10.7. The minimum atomic E-state index is 0.730. The van der Waals surface area contributed by atoms with Crippen molar-refractivity contribution in [2.24, 2.45) is 0 Å². The first-order chi connectivity index (χ1) is 11.2. The highest BCUT2D eigenvalue weighted by atomic mass is 35.5. The summed E-state index contributed by atoms with van der Waals surface area (Å²) in [5.74, 6) is 0. The molecule has 0 aliphatic carbocycles. The van der Waals surface area contributed by atoms with E-state index in [-0.39, 0.29) is 0 Å². The molecule has 0 saturated heterocycles. The van der Waals surface area contributed by atoms with Crippen molar-refractivity contribution in [3.05, 3.63) is 82.3 Å². The molecule has 0 aliphatic rings. The van der Waals surface area contributed by atoms with E-state index in [0.29, 0.717) is 0 Å². The molecule has 0 aromatic heterocycles. The molecule has 0 amide bonds. The number of benzene rings is 3. The maximum Gasteiger partial charge on any atom is 0.0490 e. The first-order valence-corrected chi connectivity index (χ1v) is 8.58. The Labute approximate surface area is 147 Å². The van der Waals surface area contributed by atoms with E-state index in [1.807, 2.05) is 30.3 Å². The second-order valence-corrected chi connectivity index (χ2v) is 6.49. The molecule has 0 aliphatic heterocycles. The number of hydrogen-bond donors (Lipinski definition) is 0. The summed E-state index contributed by atoms with van der Waals surface area (Å²) in [4.78, 5) is 0. The van der Waals surface area contributed by atoms with Gasteiger partial charge in [-0.05, 0) is 46.9 Å². The van der Waals surface area contributed by atoms with E-state index in [9.17, 15) is 0 Å². The van der Waals surface area contributed by atoms with Gasteiger partial charge >= 0.3 is 0 Å². The van der Waals surface area contributed by atoms with Gasteiger partial charge in [-0.1, -0.05) is 85.1 Å². The minimum absolute atomic E-state index is 0.730. The van der Waals surface area contributed by atoms with Crippen molar-refractivity contribution in [3.8, 4) is 22.3 Å². The van der Waals surface area contributed by atoms with Gasteiger partial charge < -0.3 is 0 Å². The van der Waals surface area contributed by atoms with Gasteiger partial charge in [-0.3, -0.25) is 0 Å². The molecule has 2 heteroatoms. The molecule has 3 rings (SSSR count). The fourth-order valence-electron chi connectivity index (χ4n) is 2.71. The first-order valence-electron chi connectivity index (χ1n) is 7.82. The topological polar surface area (TPSA) is 0 Å². The summed E-state index contributed by atoms with van der Waals surface area (Å²) in [5.41, 5.74) is 5.80. The van der Waals surface area contributed by atoms with E-state index in [4.69, 9.17) is 23.2 Å². The maximum atomic E-state index is 6.50. The van der Waals surface area contributed by atoms with Crippen LogP contribution in [0.25, 0.3) is 22.3 Å². The smallest absolute Gasteiger partial charge is 0.0490 e. The van der Waals surface area contributed by atoms with Crippen molar-refractivity contribution in [3.63, 3.8) is 0 Å². The molecular weight excluding hydrogens is 323 g/mol. The van der Waals surface area contributed by atoms with Crippen LogP contribution in [0, 0.1) is 0 Å². The van der Waals surface area contributed by atoms with Crippen molar-refractivity contribution in [2.75, 3.05) is 0 Å². The van der Waals surface area contributed by atoms with Gasteiger partial charge in [-0.15, -0.1) is 0 Å². The van der Waals surface area contributed by atoms with Gasteiger partial charge in [-0.25, -0.2) is 0 Å². The van der Waals surface area contributed by atoms with Gasteiger partial charge in [0.1, 0.15) is 0 Å². The van der Waals surface area contributed by atoms with E-state index in [2.05, 4.69) is 43.3 Å². The average Bonchev–Trinajstić information content (AvgIpc) is 2.57. The Morgan fingerprint density at radius 2 is 1.30 bits per heavy atom. The van der Waals surface area contributed by atoms with Crippen molar-refractivity contribution >= 4 is 23.2 Å². The third-order valence-electron chi connectivity index (χ3n) is 3.95. The third kappa shape index (κ3) is 3.77. The maximum absolute atomic E-state index is 6.50. The van der Waals surface area contributed by atoms with Crippen molar-refractivity contribution < 1.29 is 0 Å². The van der Waals surface area contributed by atoms with Crippen LogP contribution in [0.4, 0.5) is 0 Å². The average molecular weight is 341 g/mol. The van der Waals surface area contributed by atoms with Crippen molar-refractivity contribution in [1.29, 1.82) is 0 Å². The summed E-state index contributed by atoms with van der Waals surface area (Å²) in [6.07, 6.45) is 2.29. The molecule has 0 bridgehead atoms. The standard InChI is InChI=1S/C21H18Cl2/c1-2-3-15-4-6-16(7-5-15)18-10-13-20(21(23)14-18)17-8-11-19(22)12-9-17/h4-14H,2-3H2,1H3. The molecule has 0 radical (unpaired) electrons. The van der Waals surface area contributed by atoms with Crippen LogP contribution >= 0.6 is 23.2 Å². The summed E-state index contributed by atoms with van der Waals surface area (Å²) in [6.45, 7) is 2.20. The van der Waals surface area contributed by atoms with Crippen LogP contribution in [-0.4, -0.2) is 0 Å². The highest BCUT2D eigenvalue weighted by Gasteiger charge is 2.06. The van der Waals surface area contributed by atoms with Crippen LogP contribution in [0.3, 0.4) is 0 Å². The van der Waals surface area contributed by atoms with Crippen LogP contribution in [-0.2, 0) is 6.42 Å². The predicted molar refractivity (Wildman–Crippen MR) is 101 cm³/mol. The summed E-state index contributed by atoms with van der Waals surface area (Å²) in [5, 5.41) is 1.48. The molecule has 0 nitrogen and oxygen atoms in total. The summed E-state index contributed by atoms with van der Waals surface area (Å²) >= 11 is 12.4. The summed E-state index contributed by atoms with van der Waals surface area (Å²) in [6, 6.07) is 22.7. The quantitative estimate of drug-likeness (QED) is 0.468. The Morgan fingerprint density at radius 1 is 0.696 bits per heavy atom. The predicted octanol–water partition coefficient (Wildman–Crippen LogP) is 7.28. The second kappa shape index (κ2) is 7.21. The number of halogens is 2. The zero-order chi connectivity index (χ0) is 16.2. The van der Waals surface area contributed by atoms with Gasteiger partial charge in [0.05, 0.1) is 0 Å². The number of rotatable bonds is 4. The minimum Gasteiger partial charge on any atom is -0.0843 e. The summed E-state index contributed by atoms with van der Waals surface area (Å²) in [7, 11) is 0. The molecule has 0 unspecified atom stereocenters.